The predicted molar refractivity (Wildman–Crippen MR) is 89.7 cm³/mol. The average molecular weight is 324 g/mol. The largest absolute Gasteiger partial charge is 0.347 e. The Morgan fingerprint density at radius 1 is 1.12 bits per heavy atom. The molecule has 0 spiro atoms. The topological polar surface area (TPSA) is 77.6 Å². The first-order chi connectivity index (χ1) is 11.6. The smallest absolute Gasteiger partial charge is 0.251 e. The Morgan fingerprint density at radius 3 is 2.42 bits per heavy atom. The lowest BCUT2D eigenvalue weighted by molar-refractivity contribution is 0.0920. The van der Waals surface area contributed by atoms with E-state index in [1.54, 1.807) is 41.9 Å². The second-order valence-corrected chi connectivity index (χ2v) is 6.00. The van der Waals surface area contributed by atoms with Gasteiger partial charge in [-0.2, -0.15) is 0 Å². The van der Waals surface area contributed by atoms with E-state index in [-0.39, 0.29) is 11.9 Å². The maximum Gasteiger partial charge on any atom is 0.251 e. The normalized spacial score (nSPS) is 12.3. The van der Waals surface area contributed by atoms with Crippen molar-refractivity contribution in [2.24, 2.45) is 5.92 Å². The van der Waals surface area contributed by atoms with Crippen molar-refractivity contribution in [2.75, 3.05) is 0 Å². The fourth-order valence-corrected chi connectivity index (χ4v) is 2.42. The van der Waals surface area contributed by atoms with Crippen molar-refractivity contribution in [1.82, 2.24) is 29.6 Å². The van der Waals surface area contributed by atoms with Gasteiger partial charge in [0.2, 0.25) is 0 Å². The highest BCUT2D eigenvalue weighted by atomic mass is 16.1. The van der Waals surface area contributed by atoms with E-state index in [0.29, 0.717) is 18.0 Å². The van der Waals surface area contributed by atoms with Crippen LogP contribution in [0.4, 0.5) is 0 Å². The maximum absolute atomic E-state index is 12.5. The molecule has 1 atom stereocenters. The standard InChI is InChI=1S/C17H20N6O/c1-13(2)16(9-22-8-7-18-10-22)21-17(24)14-3-5-15(6-4-14)23-11-19-20-12-23/h3-8,10-13,16H,9H2,1-2H3,(H,21,24)/t16-/m1/s1. The number of hydrogen-bond donors (Lipinski definition) is 1. The van der Waals surface area contributed by atoms with Crippen LogP contribution >= 0.6 is 0 Å². The Morgan fingerprint density at radius 2 is 1.83 bits per heavy atom. The molecule has 3 aromatic rings. The molecule has 2 heterocycles. The molecule has 1 aromatic carbocycles. The average Bonchev–Trinajstić information content (AvgIpc) is 3.28. The number of imidazole rings is 1. The molecular weight excluding hydrogens is 304 g/mol. The summed E-state index contributed by atoms with van der Waals surface area (Å²) in [5, 5.41) is 10.7. The molecular formula is C17H20N6O. The molecule has 124 valence electrons. The van der Waals surface area contributed by atoms with Gasteiger partial charge < -0.3 is 9.88 Å². The van der Waals surface area contributed by atoms with Crippen molar-refractivity contribution in [3.05, 3.63) is 61.2 Å². The van der Waals surface area contributed by atoms with E-state index in [4.69, 9.17) is 0 Å². The van der Waals surface area contributed by atoms with Gasteiger partial charge in [0.25, 0.3) is 5.91 Å². The third-order valence-electron chi connectivity index (χ3n) is 3.93. The van der Waals surface area contributed by atoms with Gasteiger partial charge >= 0.3 is 0 Å². The van der Waals surface area contributed by atoms with Crippen LogP contribution in [0.1, 0.15) is 24.2 Å². The van der Waals surface area contributed by atoms with Gasteiger partial charge in [-0.1, -0.05) is 13.8 Å². The van der Waals surface area contributed by atoms with E-state index < -0.39 is 0 Å². The Kier molecular flexibility index (Phi) is 4.69. The highest BCUT2D eigenvalue weighted by Gasteiger charge is 2.17. The quantitative estimate of drug-likeness (QED) is 0.751. The van der Waals surface area contributed by atoms with Crippen molar-refractivity contribution >= 4 is 5.91 Å². The summed E-state index contributed by atoms with van der Waals surface area (Å²) >= 11 is 0. The molecule has 2 aromatic heterocycles. The molecule has 7 heteroatoms. The molecule has 0 aliphatic rings. The van der Waals surface area contributed by atoms with Crippen LogP contribution in [0.3, 0.4) is 0 Å². The zero-order valence-corrected chi connectivity index (χ0v) is 13.7. The summed E-state index contributed by atoms with van der Waals surface area (Å²) in [7, 11) is 0. The van der Waals surface area contributed by atoms with Gasteiger partial charge in [-0.3, -0.25) is 9.36 Å². The van der Waals surface area contributed by atoms with Gasteiger partial charge in [0.05, 0.1) is 6.33 Å². The van der Waals surface area contributed by atoms with E-state index in [1.165, 1.54) is 0 Å². The van der Waals surface area contributed by atoms with Gasteiger partial charge in [0.15, 0.2) is 0 Å². The predicted octanol–water partition coefficient (Wildman–Crippen LogP) is 1.92. The Labute approximate surface area is 140 Å². The van der Waals surface area contributed by atoms with E-state index in [0.717, 1.165) is 5.69 Å². The van der Waals surface area contributed by atoms with Crippen LogP contribution in [0.25, 0.3) is 5.69 Å². The summed E-state index contributed by atoms with van der Waals surface area (Å²) < 4.78 is 3.76. The molecule has 1 N–H and O–H groups in total. The van der Waals surface area contributed by atoms with Gasteiger partial charge in [-0.05, 0) is 30.2 Å². The Balaban J connectivity index is 1.68. The zero-order valence-electron chi connectivity index (χ0n) is 13.7. The number of nitrogens with one attached hydrogen (secondary N) is 1. The highest BCUT2D eigenvalue weighted by Crippen LogP contribution is 2.11. The van der Waals surface area contributed by atoms with Crippen LogP contribution in [-0.4, -0.2) is 36.3 Å². The van der Waals surface area contributed by atoms with E-state index in [2.05, 4.69) is 34.3 Å². The number of rotatable bonds is 6. The van der Waals surface area contributed by atoms with Gasteiger partial charge in [-0.25, -0.2) is 4.98 Å². The van der Waals surface area contributed by atoms with Crippen molar-refractivity contribution in [1.29, 1.82) is 0 Å². The van der Waals surface area contributed by atoms with Gasteiger partial charge in [0, 0.05) is 36.2 Å². The number of hydrogen-bond acceptors (Lipinski definition) is 4. The first-order valence-electron chi connectivity index (χ1n) is 7.85. The highest BCUT2D eigenvalue weighted by molar-refractivity contribution is 5.94. The monoisotopic (exact) mass is 324 g/mol. The fraction of sp³-hybridized carbons (Fsp3) is 0.294. The van der Waals surface area contributed by atoms with Crippen LogP contribution in [0.2, 0.25) is 0 Å². The van der Waals surface area contributed by atoms with Crippen LogP contribution in [0.5, 0.6) is 0 Å². The van der Waals surface area contributed by atoms with Crippen LogP contribution < -0.4 is 5.32 Å². The minimum atomic E-state index is -0.0795. The van der Waals surface area contributed by atoms with E-state index in [9.17, 15) is 4.79 Å². The first-order valence-corrected chi connectivity index (χ1v) is 7.85. The summed E-state index contributed by atoms with van der Waals surface area (Å²) in [6.07, 6.45) is 8.64. The summed E-state index contributed by atoms with van der Waals surface area (Å²) in [6.45, 7) is 4.89. The van der Waals surface area contributed by atoms with Crippen LogP contribution in [0.15, 0.2) is 55.6 Å². The van der Waals surface area contributed by atoms with Gasteiger partial charge in [0.1, 0.15) is 12.7 Å². The minimum Gasteiger partial charge on any atom is -0.347 e. The lowest BCUT2D eigenvalue weighted by Crippen LogP contribution is -2.41. The van der Waals surface area contributed by atoms with Gasteiger partial charge in [-0.15, -0.1) is 10.2 Å². The fourth-order valence-electron chi connectivity index (χ4n) is 2.42. The molecule has 0 unspecified atom stereocenters. The molecule has 0 aliphatic carbocycles. The van der Waals surface area contributed by atoms with E-state index in [1.807, 2.05) is 22.9 Å². The number of benzene rings is 1. The minimum absolute atomic E-state index is 0.0317. The molecule has 0 aliphatic heterocycles. The molecule has 7 nitrogen and oxygen atoms in total. The molecule has 0 bridgehead atoms. The van der Waals surface area contributed by atoms with Crippen molar-refractivity contribution in [2.45, 2.75) is 26.4 Å². The molecule has 24 heavy (non-hydrogen) atoms. The van der Waals surface area contributed by atoms with E-state index >= 15 is 0 Å². The SMILES string of the molecule is CC(C)[C@@H](Cn1ccnc1)NC(=O)c1ccc(-n2cnnc2)cc1. The summed E-state index contributed by atoms with van der Waals surface area (Å²) in [6, 6.07) is 7.39. The number of carbonyl (C=O) groups excluding carboxylic acids is 1. The Hall–Kier alpha value is -2.96. The summed E-state index contributed by atoms with van der Waals surface area (Å²) in [5.41, 5.74) is 1.54. The third kappa shape index (κ3) is 3.68. The molecule has 3 rings (SSSR count). The van der Waals surface area contributed by atoms with Crippen LogP contribution in [0, 0.1) is 5.92 Å². The Bertz CT molecular complexity index is 762. The van der Waals surface area contributed by atoms with Crippen LogP contribution in [-0.2, 0) is 6.54 Å². The second-order valence-electron chi connectivity index (χ2n) is 6.00. The number of amides is 1. The third-order valence-corrected chi connectivity index (χ3v) is 3.93. The summed E-state index contributed by atoms with van der Waals surface area (Å²) in [4.78, 5) is 16.6. The van der Waals surface area contributed by atoms with Crippen molar-refractivity contribution < 1.29 is 4.79 Å². The molecule has 0 fully saturated rings. The molecule has 0 saturated heterocycles. The molecule has 0 saturated carbocycles. The molecule has 0 radical (unpaired) electrons. The molecule has 1 amide bonds. The lowest BCUT2D eigenvalue weighted by atomic mass is 10.0. The van der Waals surface area contributed by atoms with Crippen molar-refractivity contribution in [3.8, 4) is 5.69 Å². The first kappa shape index (κ1) is 15.9. The number of aromatic nitrogens is 5. The maximum atomic E-state index is 12.5. The second kappa shape index (κ2) is 7.08. The van der Waals surface area contributed by atoms with Crippen molar-refractivity contribution in [3.63, 3.8) is 0 Å². The number of nitrogens with zero attached hydrogens (tertiary/aromatic N) is 5. The zero-order chi connectivity index (χ0) is 16.9. The number of carbonyl (C=O) groups is 1. The lowest BCUT2D eigenvalue weighted by Gasteiger charge is -2.23. The summed E-state index contributed by atoms with van der Waals surface area (Å²) in [5.74, 6) is 0.233.